The van der Waals surface area contributed by atoms with Crippen molar-refractivity contribution in [2.45, 2.75) is 12.8 Å². The number of carbonyl (C=O) groups is 3. The molecule has 0 unspecified atom stereocenters. The molecular formula is C16H21N3O6. The molecule has 1 aromatic rings. The lowest BCUT2D eigenvalue weighted by Crippen LogP contribution is -2.43. The number of aryl methyl sites for hydroxylation is 1. The number of amides is 1. The average Bonchev–Trinajstić information content (AvgIpc) is 2.57. The van der Waals surface area contributed by atoms with E-state index in [1.807, 2.05) is 30.3 Å². The Hall–Kier alpha value is -3.10. The maximum Gasteiger partial charge on any atom is 0.414 e. The van der Waals surface area contributed by atoms with E-state index in [0.717, 1.165) is 10.5 Å². The van der Waals surface area contributed by atoms with Crippen LogP contribution in [0.5, 0.6) is 0 Å². The molecule has 0 heterocycles. The fourth-order valence-corrected chi connectivity index (χ4v) is 1.76. The third-order valence-corrected chi connectivity index (χ3v) is 3.01. The van der Waals surface area contributed by atoms with Crippen LogP contribution in [0.25, 0.3) is 0 Å². The van der Waals surface area contributed by atoms with Crippen molar-refractivity contribution in [3.05, 3.63) is 35.9 Å². The molecule has 9 heteroatoms. The molecule has 1 rings (SSSR count). The molecule has 3 N–H and O–H groups in total. The summed E-state index contributed by atoms with van der Waals surface area (Å²) in [6, 6.07) is 9.49. The molecule has 0 atom stereocenters. The number of nitrogens with one attached hydrogen (secondary N) is 2. The molecule has 136 valence electrons. The lowest BCUT2D eigenvalue weighted by molar-refractivity contribution is -0.144. The summed E-state index contributed by atoms with van der Waals surface area (Å²) in [6.07, 6.45) is -0.142. The number of esters is 1. The minimum atomic E-state index is -1.13. The van der Waals surface area contributed by atoms with E-state index in [0.29, 0.717) is 6.42 Å². The van der Waals surface area contributed by atoms with E-state index < -0.39 is 30.5 Å². The van der Waals surface area contributed by atoms with Crippen LogP contribution < -0.4 is 5.32 Å². The highest BCUT2D eigenvalue weighted by Gasteiger charge is 2.12. The zero-order valence-corrected chi connectivity index (χ0v) is 13.9. The predicted molar refractivity (Wildman–Crippen MR) is 88.2 cm³/mol. The topological polar surface area (TPSA) is 129 Å². The summed E-state index contributed by atoms with van der Waals surface area (Å²) in [5.74, 6) is -1.95. The van der Waals surface area contributed by atoms with Gasteiger partial charge < -0.3 is 19.5 Å². The molecule has 0 aliphatic carbocycles. The lowest BCUT2D eigenvalue weighted by Gasteiger charge is -2.17. The number of carbonyl (C=O) groups excluding carboxylic acids is 2. The summed E-state index contributed by atoms with van der Waals surface area (Å²) in [7, 11) is 1.34. The molecule has 0 radical (unpaired) electrons. The Morgan fingerprint density at radius 1 is 1.16 bits per heavy atom. The highest BCUT2D eigenvalue weighted by atomic mass is 16.6. The maximum absolute atomic E-state index is 11.6. The Kier molecular flexibility index (Phi) is 8.48. The molecule has 0 saturated heterocycles. The Morgan fingerprint density at radius 2 is 1.80 bits per heavy atom. The number of benzene rings is 1. The van der Waals surface area contributed by atoms with Gasteiger partial charge in [-0.25, -0.2) is 4.79 Å². The number of ether oxygens (including phenoxy) is 2. The first-order valence-electron chi connectivity index (χ1n) is 7.53. The lowest BCUT2D eigenvalue weighted by atomic mass is 10.1. The standard InChI is InChI=1S/C16H21N3O6/c1-19(11-13(20)21)15(17)18-16(23)25-10-9-24-14(22)8-7-12-5-3-2-4-6-12/h2-6H,7-11H2,1H3,(H,20,21)(H2,17,18,23). The second kappa shape index (κ2) is 10.6. The van der Waals surface area contributed by atoms with E-state index >= 15 is 0 Å². The van der Waals surface area contributed by atoms with Crippen molar-refractivity contribution >= 4 is 24.0 Å². The van der Waals surface area contributed by atoms with Gasteiger partial charge in [0.1, 0.15) is 19.8 Å². The zero-order valence-electron chi connectivity index (χ0n) is 13.9. The van der Waals surface area contributed by atoms with Crippen LogP contribution in [-0.4, -0.2) is 60.8 Å². The molecule has 9 nitrogen and oxygen atoms in total. The van der Waals surface area contributed by atoms with Crippen LogP contribution in [0.4, 0.5) is 4.79 Å². The summed E-state index contributed by atoms with van der Waals surface area (Å²) in [5, 5.41) is 18.1. The average molecular weight is 351 g/mol. The molecule has 0 spiro atoms. The van der Waals surface area contributed by atoms with Crippen LogP contribution in [0.15, 0.2) is 30.3 Å². The molecule has 1 aromatic carbocycles. The summed E-state index contributed by atoms with van der Waals surface area (Å²) in [4.78, 5) is 34.5. The monoisotopic (exact) mass is 351 g/mol. The van der Waals surface area contributed by atoms with Crippen molar-refractivity contribution in [1.82, 2.24) is 10.2 Å². The number of nitrogens with zero attached hydrogens (tertiary/aromatic N) is 1. The number of likely N-dealkylation sites (N-methyl/N-ethyl adjacent to an activating group) is 1. The molecule has 0 fully saturated rings. The van der Waals surface area contributed by atoms with E-state index in [4.69, 9.17) is 20.0 Å². The van der Waals surface area contributed by atoms with Gasteiger partial charge in [-0.05, 0) is 12.0 Å². The van der Waals surface area contributed by atoms with Crippen LogP contribution in [-0.2, 0) is 25.5 Å². The van der Waals surface area contributed by atoms with Crippen molar-refractivity contribution in [3.63, 3.8) is 0 Å². The zero-order chi connectivity index (χ0) is 18.7. The number of carboxylic acid groups (broad SMARTS) is 1. The van der Waals surface area contributed by atoms with Gasteiger partial charge in [-0.3, -0.25) is 20.3 Å². The summed E-state index contributed by atoms with van der Waals surface area (Å²) in [5.41, 5.74) is 1.03. The highest BCUT2D eigenvalue weighted by Crippen LogP contribution is 2.03. The second-order valence-corrected chi connectivity index (χ2v) is 5.07. The molecule has 0 aromatic heterocycles. The number of carboxylic acids is 1. The van der Waals surface area contributed by atoms with Crippen LogP contribution >= 0.6 is 0 Å². The van der Waals surface area contributed by atoms with E-state index in [1.54, 1.807) is 0 Å². The fourth-order valence-electron chi connectivity index (χ4n) is 1.76. The number of alkyl carbamates (subject to hydrolysis) is 1. The highest BCUT2D eigenvalue weighted by molar-refractivity contribution is 5.93. The summed E-state index contributed by atoms with van der Waals surface area (Å²) < 4.78 is 9.67. The number of rotatable bonds is 8. The molecule has 0 bridgehead atoms. The van der Waals surface area contributed by atoms with Gasteiger partial charge in [-0.1, -0.05) is 30.3 Å². The molecular weight excluding hydrogens is 330 g/mol. The number of hydrogen-bond acceptors (Lipinski definition) is 6. The normalized spacial score (nSPS) is 9.80. The van der Waals surface area contributed by atoms with Crippen LogP contribution in [0.2, 0.25) is 0 Å². The number of hydrogen-bond donors (Lipinski definition) is 3. The van der Waals surface area contributed by atoms with Crippen LogP contribution in [0, 0.1) is 5.41 Å². The summed E-state index contributed by atoms with van der Waals surface area (Å²) >= 11 is 0. The minimum Gasteiger partial charge on any atom is -0.480 e. The fraction of sp³-hybridized carbons (Fsp3) is 0.375. The SMILES string of the molecule is CN(CC(=O)O)C(=N)NC(=O)OCCOC(=O)CCc1ccccc1. The van der Waals surface area contributed by atoms with Gasteiger partial charge in [0.2, 0.25) is 5.96 Å². The van der Waals surface area contributed by atoms with Crippen molar-refractivity contribution in [2.24, 2.45) is 0 Å². The van der Waals surface area contributed by atoms with Crippen LogP contribution in [0.3, 0.4) is 0 Å². The Morgan fingerprint density at radius 3 is 2.44 bits per heavy atom. The Bertz CT molecular complexity index is 605. The Balaban J connectivity index is 2.13. The summed E-state index contributed by atoms with van der Waals surface area (Å²) in [6.45, 7) is -0.698. The Labute approximate surface area is 145 Å². The van der Waals surface area contributed by atoms with Crippen molar-refractivity contribution in [1.29, 1.82) is 5.41 Å². The van der Waals surface area contributed by atoms with Crippen LogP contribution in [0.1, 0.15) is 12.0 Å². The van der Waals surface area contributed by atoms with Gasteiger partial charge in [-0.15, -0.1) is 0 Å². The predicted octanol–water partition coefficient (Wildman–Crippen LogP) is 0.840. The van der Waals surface area contributed by atoms with Crippen molar-refractivity contribution in [2.75, 3.05) is 26.8 Å². The molecule has 0 aliphatic rings. The van der Waals surface area contributed by atoms with E-state index in [-0.39, 0.29) is 19.6 Å². The van der Waals surface area contributed by atoms with E-state index in [9.17, 15) is 14.4 Å². The third kappa shape index (κ3) is 8.94. The molecule has 0 aliphatic heterocycles. The van der Waals surface area contributed by atoms with Gasteiger partial charge in [0.05, 0.1) is 0 Å². The minimum absolute atomic E-state index is 0.0979. The number of guanidine groups is 1. The quantitative estimate of drug-likeness (QED) is 0.274. The smallest absolute Gasteiger partial charge is 0.414 e. The first-order valence-corrected chi connectivity index (χ1v) is 7.53. The molecule has 0 saturated carbocycles. The van der Waals surface area contributed by atoms with Gasteiger partial charge in [-0.2, -0.15) is 0 Å². The molecule has 25 heavy (non-hydrogen) atoms. The molecule has 1 amide bonds. The third-order valence-electron chi connectivity index (χ3n) is 3.01. The maximum atomic E-state index is 11.6. The largest absolute Gasteiger partial charge is 0.480 e. The first-order chi connectivity index (χ1) is 11.9. The van der Waals surface area contributed by atoms with Crippen molar-refractivity contribution in [3.8, 4) is 0 Å². The van der Waals surface area contributed by atoms with Gasteiger partial charge >= 0.3 is 18.0 Å². The van der Waals surface area contributed by atoms with Gasteiger partial charge in [0.25, 0.3) is 0 Å². The van der Waals surface area contributed by atoms with E-state index in [1.165, 1.54) is 7.05 Å². The van der Waals surface area contributed by atoms with E-state index in [2.05, 4.69) is 5.32 Å². The first kappa shape index (κ1) is 19.9. The van der Waals surface area contributed by atoms with Gasteiger partial charge in [0.15, 0.2) is 0 Å². The van der Waals surface area contributed by atoms with Gasteiger partial charge in [0, 0.05) is 13.5 Å². The second-order valence-electron chi connectivity index (χ2n) is 5.07. The van der Waals surface area contributed by atoms with Crippen molar-refractivity contribution < 1.29 is 29.0 Å². The number of aliphatic carboxylic acids is 1.